The highest BCUT2D eigenvalue weighted by Crippen LogP contribution is 2.16. The molecule has 0 aliphatic carbocycles. The number of nitrogens with zero attached hydrogens (tertiary/aromatic N) is 2. The van der Waals surface area contributed by atoms with Crippen LogP contribution in [0.2, 0.25) is 0 Å². The molecule has 1 saturated heterocycles. The molecule has 4 heteroatoms. The van der Waals surface area contributed by atoms with Gasteiger partial charge in [0.05, 0.1) is 6.54 Å². The topological polar surface area (TPSA) is 43.8 Å². The maximum absolute atomic E-state index is 12.4. The van der Waals surface area contributed by atoms with Crippen LogP contribution in [0.1, 0.15) is 25.3 Å². The molecule has 1 aliphatic heterocycles. The van der Waals surface area contributed by atoms with Gasteiger partial charge >= 0.3 is 0 Å². The number of aliphatic hydroxyl groups is 1. The number of likely N-dealkylation sites (tertiary alicyclic amines) is 1. The first-order chi connectivity index (χ1) is 10.2. The first kappa shape index (κ1) is 16.0. The van der Waals surface area contributed by atoms with Crippen molar-refractivity contribution < 1.29 is 9.90 Å². The van der Waals surface area contributed by atoms with Crippen molar-refractivity contribution in [1.82, 2.24) is 9.80 Å². The number of carbonyl (C=O) groups excluding carboxylic acids is 1. The van der Waals surface area contributed by atoms with Crippen molar-refractivity contribution in [1.29, 1.82) is 0 Å². The molecule has 1 fully saturated rings. The maximum atomic E-state index is 12.4. The third-order valence-corrected chi connectivity index (χ3v) is 4.27. The smallest absolute Gasteiger partial charge is 0.237 e. The molecule has 1 heterocycles. The third kappa shape index (κ3) is 4.83. The van der Waals surface area contributed by atoms with Crippen molar-refractivity contribution in [3.8, 4) is 0 Å². The van der Waals surface area contributed by atoms with Crippen LogP contribution < -0.4 is 0 Å². The summed E-state index contributed by atoms with van der Waals surface area (Å²) in [6.07, 6.45) is 1.99. The summed E-state index contributed by atoms with van der Waals surface area (Å²) in [4.78, 5) is 16.6. The number of likely N-dealkylation sites (N-methyl/N-ethyl adjacent to an activating group) is 1. The fraction of sp³-hybridized carbons (Fsp3) is 0.588. The number of hydrogen-bond acceptors (Lipinski definition) is 3. The summed E-state index contributed by atoms with van der Waals surface area (Å²) in [7, 11) is 0. The molecule has 0 radical (unpaired) electrons. The van der Waals surface area contributed by atoms with Crippen LogP contribution in [0.3, 0.4) is 0 Å². The second-order valence-corrected chi connectivity index (χ2v) is 5.80. The van der Waals surface area contributed by atoms with Crippen molar-refractivity contribution in [3.05, 3.63) is 35.9 Å². The van der Waals surface area contributed by atoms with Gasteiger partial charge in [0, 0.05) is 19.7 Å². The largest absolute Gasteiger partial charge is 0.396 e. The molecule has 1 amide bonds. The van der Waals surface area contributed by atoms with Gasteiger partial charge in [-0.2, -0.15) is 0 Å². The minimum atomic E-state index is 0.198. The van der Waals surface area contributed by atoms with Gasteiger partial charge in [-0.15, -0.1) is 0 Å². The Morgan fingerprint density at radius 2 is 1.95 bits per heavy atom. The Kier molecular flexibility index (Phi) is 6.21. The van der Waals surface area contributed by atoms with Crippen LogP contribution in [-0.2, 0) is 11.3 Å². The molecule has 2 rings (SSSR count). The Morgan fingerprint density at radius 3 is 2.52 bits per heavy atom. The minimum absolute atomic E-state index is 0.198. The molecule has 4 nitrogen and oxygen atoms in total. The zero-order valence-electron chi connectivity index (χ0n) is 12.9. The van der Waals surface area contributed by atoms with Crippen LogP contribution in [0.5, 0.6) is 0 Å². The summed E-state index contributed by atoms with van der Waals surface area (Å²) in [5, 5.41) is 9.16. The molecular weight excluding hydrogens is 264 g/mol. The van der Waals surface area contributed by atoms with Crippen LogP contribution in [0.15, 0.2) is 30.3 Å². The van der Waals surface area contributed by atoms with E-state index in [0.29, 0.717) is 19.0 Å². The van der Waals surface area contributed by atoms with E-state index in [4.69, 9.17) is 5.11 Å². The van der Waals surface area contributed by atoms with Crippen molar-refractivity contribution in [3.63, 3.8) is 0 Å². The Morgan fingerprint density at radius 1 is 1.29 bits per heavy atom. The standard InChI is InChI=1S/C17H26N2O2/c1-2-19(12-15-6-4-3-5-7-15)17(21)13-18-10-8-16(14-20)9-11-18/h3-7,16,20H,2,8-14H2,1H3. The summed E-state index contributed by atoms with van der Waals surface area (Å²) >= 11 is 0. The number of benzene rings is 1. The molecule has 1 aliphatic rings. The molecule has 0 aromatic heterocycles. The van der Waals surface area contributed by atoms with Crippen LogP contribution in [0.25, 0.3) is 0 Å². The minimum Gasteiger partial charge on any atom is -0.396 e. The highest BCUT2D eigenvalue weighted by molar-refractivity contribution is 5.78. The van der Waals surface area contributed by atoms with Crippen LogP contribution in [-0.4, -0.2) is 53.6 Å². The van der Waals surface area contributed by atoms with Crippen molar-refractivity contribution in [2.75, 3.05) is 32.8 Å². The van der Waals surface area contributed by atoms with Crippen molar-refractivity contribution in [2.24, 2.45) is 5.92 Å². The monoisotopic (exact) mass is 290 g/mol. The van der Waals surface area contributed by atoms with Gasteiger partial charge < -0.3 is 10.0 Å². The number of aliphatic hydroxyl groups excluding tert-OH is 1. The van der Waals surface area contributed by atoms with Gasteiger partial charge in [0.15, 0.2) is 0 Å². The van der Waals surface area contributed by atoms with E-state index in [0.717, 1.165) is 32.5 Å². The Hall–Kier alpha value is -1.39. The molecule has 1 N–H and O–H groups in total. The van der Waals surface area contributed by atoms with E-state index in [1.807, 2.05) is 30.0 Å². The molecule has 0 atom stereocenters. The lowest BCUT2D eigenvalue weighted by molar-refractivity contribution is -0.133. The van der Waals surface area contributed by atoms with Gasteiger partial charge in [-0.25, -0.2) is 0 Å². The van der Waals surface area contributed by atoms with Crippen molar-refractivity contribution >= 4 is 5.91 Å². The summed E-state index contributed by atoms with van der Waals surface area (Å²) in [5.41, 5.74) is 1.17. The predicted octanol–water partition coefficient (Wildman–Crippen LogP) is 1.74. The molecule has 0 saturated carbocycles. The first-order valence-electron chi connectivity index (χ1n) is 7.87. The van der Waals surface area contributed by atoms with Gasteiger partial charge in [-0.05, 0) is 44.3 Å². The average Bonchev–Trinajstić information content (AvgIpc) is 2.54. The SMILES string of the molecule is CCN(Cc1ccccc1)C(=O)CN1CCC(CO)CC1. The molecule has 1 aromatic rings. The van der Waals surface area contributed by atoms with Gasteiger partial charge in [0.25, 0.3) is 0 Å². The Balaban J connectivity index is 1.83. The first-order valence-corrected chi connectivity index (χ1v) is 7.87. The van der Waals surface area contributed by atoms with Gasteiger partial charge in [-0.3, -0.25) is 9.69 Å². The number of rotatable bonds is 6. The van der Waals surface area contributed by atoms with Crippen LogP contribution >= 0.6 is 0 Å². The van der Waals surface area contributed by atoms with Gasteiger partial charge in [0.1, 0.15) is 0 Å². The highest BCUT2D eigenvalue weighted by Gasteiger charge is 2.22. The molecule has 0 bridgehead atoms. The van der Waals surface area contributed by atoms with Crippen LogP contribution in [0.4, 0.5) is 0 Å². The van der Waals surface area contributed by atoms with Crippen LogP contribution in [0, 0.1) is 5.92 Å². The highest BCUT2D eigenvalue weighted by atomic mass is 16.3. The second-order valence-electron chi connectivity index (χ2n) is 5.80. The van der Waals surface area contributed by atoms with Gasteiger partial charge in [0.2, 0.25) is 5.91 Å². The number of piperidine rings is 1. The molecule has 0 unspecified atom stereocenters. The summed E-state index contributed by atoms with van der Waals surface area (Å²) in [5.74, 6) is 0.617. The van der Waals surface area contributed by atoms with E-state index in [-0.39, 0.29) is 12.5 Å². The van der Waals surface area contributed by atoms with E-state index in [2.05, 4.69) is 17.0 Å². The average molecular weight is 290 g/mol. The summed E-state index contributed by atoms with van der Waals surface area (Å²) in [6, 6.07) is 10.1. The molecule has 116 valence electrons. The molecule has 1 aromatic carbocycles. The third-order valence-electron chi connectivity index (χ3n) is 4.27. The maximum Gasteiger partial charge on any atom is 0.237 e. The zero-order valence-corrected chi connectivity index (χ0v) is 12.9. The fourth-order valence-corrected chi connectivity index (χ4v) is 2.80. The molecule has 21 heavy (non-hydrogen) atoms. The van der Waals surface area contributed by atoms with E-state index in [1.165, 1.54) is 5.56 Å². The van der Waals surface area contributed by atoms with E-state index >= 15 is 0 Å². The predicted molar refractivity (Wildman–Crippen MR) is 83.8 cm³/mol. The number of hydrogen-bond donors (Lipinski definition) is 1. The zero-order chi connectivity index (χ0) is 15.1. The lowest BCUT2D eigenvalue weighted by Crippen LogP contribution is -2.43. The molecular formula is C17H26N2O2. The fourth-order valence-electron chi connectivity index (χ4n) is 2.80. The Bertz CT molecular complexity index is 428. The normalized spacial score (nSPS) is 16.9. The van der Waals surface area contributed by atoms with E-state index in [1.54, 1.807) is 0 Å². The summed E-state index contributed by atoms with van der Waals surface area (Å²) < 4.78 is 0. The summed E-state index contributed by atoms with van der Waals surface area (Å²) in [6.45, 7) is 6.05. The van der Waals surface area contributed by atoms with Gasteiger partial charge in [-0.1, -0.05) is 30.3 Å². The second kappa shape index (κ2) is 8.15. The molecule has 0 spiro atoms. The number of amides is 1. The lowest BCUT2D eigenvalue weighted by atomic mass is 9.98. The quantitative estimate of drug-likeness (QED) is 0.868. The lowest BCUT2D eigenvalue weighted by Gasteiger charge is -2.32. The van der Waals surface area contributed by atoms with E-state index < -0.39 is 0 Å². The number of carbonyl (C=O) groups is 1. The van der Waals surface area contributed by atoms with E-state index in [9.17, 15) is 4.79 Å². The Labute approximate surface area is 127 Å². The van der Waals surface area contributed by atoms with Crippen molar-refractivity contribution in [2.45, 2.75) is 26.3 Å².